The molecule has 0 aromatic heterocycles. The molecular weight excluding hydrogens is 328 g/mol. The minimum Gasteiger partial charge on any atom is -0.435 e. The van der Waals surface area contributed by atoms with Crippen LogP contribution < -0.4 is 4.74 Å². The molecule has 1 aliphatic heterocycles. The van der Waals surface area contributed by atoms with E-state index in [1.54, 1.807) is 12.1 Å². The number of hydrogen-bond acceptors (Lipinski definition) is 4. The Hall–Kier alpha value is -2.02. The van der Waals surface area contributed by atoms with Crippen molar-refractivity contribution in [3.63, 3.8) is 0 Å². The van der Waals surface area contributed by atoms with E-state index in [1.807, 2.05) is 36.4 Å². The van der Waals surface area contributed by atoms with E-state index in [0.29, 0.717) is 26.2 Å². The van der Waals surface area contributed by atoms with Crippen LogP contribution in [-0.2, 0) is 4.74 Å². The lowest BCUT2D eigenvalue weighted by Crippen LogP contribution is -2.40. The maximum absolute atomic E-state index is 12.4. The number of nitrogens with zero attached hydrogens (tertiary/aromatic N) is 1. The van der Waals surface area contributed by atoms with Crippen molar-refractivity contribution in [2.24, 2.45) is 0 Å². The number of halogens is 2. The van der Waals surface area contributed by atoms with Crippen molar-refractivity contribution in [3.05, 3.63) is 65.7 Å². The second-order valence-electron chi connectivity index (χ2n) is 6.00. The van der Waals surface area contributed by atoms with Crippen molar-refractivity contribution in [2.45, 2.75) is 18.8 Å². The van der Waals surface area contributed by atoms with Gasteiger partial charge in [0.1, 0.15) is 5.75 Å². The molecule has 6 heteroatoms. The molecule has 134 valence electrons. The van der Waals surface area contributed by atoms with Gasteiger partial charge in [0.25, 0.3) is 0 Å². The van der Waals surface area contributed by atoms with Crippen molar-refractivity contribution in [1.29, 1.82) is 0 Å². The van der Waals surface area contributed by atoms with Crippen LogP contribution in [0.1, 0.15) is 23.3 Å². The molecule has 3 rings (SSSR count). The molecule has 2 atom stereocenters. The van der Waals surface area contributed by atoms with Gasteiger partial charge in [-0.25, -0.2) is 0 Å². The van der Waals surface area contributed by atoms with Crippen molar-refractivity contribution < 1.29 is 23.4 Å². The highest BCUT2D eigenvalue weighted by Crippen LogP contribution is 2.27. The molecule has 1 N–H and O–H groups in total. The normalized spacial score (nSPS) is 19.8. The van der Waals surface area contributed by atoms with Gasteiger partial charge in [0.15, 0.2) is 0 Å². The second-order valence-corrected chi connectivity index (χ2v) is 6.00. The molecular formula is C19H21F2NO3. The highest BCUT2D eigenvalue weighted by Gasteiger charge is 2.24. The summed E-state index contributed by atoms with van der Waals surface area (Å²) in [6.45, 7) is -0.529. The summed E-state index contributed by atoms with van der Waals surface area (Å²) < 4.78 is 35.0. The van der Waals surface area contributed by atoms with Crippen molar-refractivity contribution in [3.8, 4) is 5.75 Å². The predicted molar refractivity (Wildman–Crippen MR) is 89.6 cm³/mol. The average molecular weight is 349 g/mol. The first kappa shape index (κ1) is 17.8. The molecule has 2 aromatic carbocycles. The Morgan fingerprint density at radius 2 is 1.96 bits per heavy atom. The fourth-order valence-electron chi connectivity index (χ4n) is 2.99. The molecule has 4 nitrogen and oxygen atoms in total. The van der Waals surface area contributed by atoms with E-state index < -0.39 is 12.7 Å². The zero-order valence-electron chi connectivity index (χ0n) is 13.7. The Balaban J connectivity index is 1.63. The van der Waals surface area contributed by atoms with Crippen LogP contribution in [0.2, 0.25) is 0 Å². The zero-order chi connectivity index (χ0) is 17.6. The van der Waals surface area contributed by atoms with Crippen LogP contribution in [0.4, 0.5) is 8.78 Å². The van der Waals surface area contributed by atoms with Crippen LogP contribution in [0.3, 0.4) is 0 Å². The zero-order valence-corrected chi connectivity index (χ0v) is 13.7. The third kappa shape index (κ3) is 4.98. The Morgan fingerprint density at radius 3 is 2.72 bits per heavy atom. The van der Waals surface area contributed by atoms with Crippen molar-refractivity contribution in [2.75, 3.05) is 26.2 Å². The number of aliphatic hydroxyl groups is 1. The molecule has 2 unspecified atom stereocenters. The summed E-state index contributed by atoms with van der Waals surface area (Å²) in [5.41, 5.74) is 1.66. The smallest absolute Gasteiger partial charge is 0.387 e. The lowest BCUT2D eigenvalue weighted by molar-refractivity contribution is -0.0517. The fourth-order valence-corrected chi connectivity index (χ4v) is 2.99. The van der Waals surface area contributed by atoms with E-state index >= 15 is 0 Å². The molecule has 0 saturated carbocycles. The molecule has 0 radical (unpaired) electrons. The summed E-state index contributed by atoms with van der Waals surface area (Å²) in [5.74, 6) is 0.123. The molecule has 0 spiro atoms. The Labute approximate surface area is 145 Å². The van der Waals surface area contributed by atoms with E-state index in [0.717, 1.165) is 11.1 Å². The van der Waals surface area contributed by atoms with Crippen LogP contribution in [0.15, 0.2) is 54.6 Å². The molecule has 0 amide bonds. The number of ether oxygens (including phenoxy) is 2. The maximum Gasteiger partial charge on any atom is 0.387 e. The van der Waals surface area contributed by atoms with Crippen molar-refractivity contribution >= 4 is 0 Å². The van der Waals surface area contributed by atoms with Gasteiger partial charge in [-0.15, -0.1) is 0 Å². The molecule has 0 bridgehead atoms. The van der Waals surface area contributed by atoms with E-state index in [2.05, 4.69) is 9.64 Å². The average Bonchev–Trinajstić information content (AvgIpc) is 2.62. The minimum absolute atomic E-state index is 0.123. The first-order valence-electron chi connectivity index (χ1n) is 8.23. The van der Waals surface area contributed by atoms with Gasteiger partial charge >= 0.3 is 6.61 Å². The molecule has 1 heterocycles. The Bertz CT molecular complexity index is 669. The SMILES string of the molecule is OC(CN1CCOC(c2cccc(OC(F)F)c2)C1)c1ccccc1. The molecule has 2 aromatic rings. The Morgan fingerprint density at radius 1 is 1.16 bits per heavy atom. The first-order chi connectivity index (χ1) is 12.1. The number of morpholine rings is 1. The number of aliphatic hydroxyl groups excluding tert-OH is 1. The summed E-state index contributed by atoms with van der Waals surface area (Å²) >= 11 is 0. The van der Waals surface area contributed by atoms with Crippen LogP contribution in [0, 0.1) is 0 Å². The van der Waals surface area contributed by atoms with Crippen molar-refractivity contribution in [1.82, 2.24) is 4.90 Å². The number of benzene rings is 2. The van der Waals surface area contributed by atoms with Gasteiger partial charge < -0.3 is 14.6 Å². The van der Waals surface area contributed by atoms with E-state index in [9.17, 15) is 13.9 Å². The van der Waals surface area contributed by atoms with Gasteiger partial charge in [-0.3, -0.25) is 4.90 Å². The van der Waals surface area contributed by atoms with Gasteiger partial charge in [-0.2, -0.15) is 8.78 Å². The molecule has 1 fully saturated rings. The predicted octanol–water partition coefficient (Wildman–Crippen LogP) is 3.39. The highest BCUT2D eigenvalue weighted by molar-refractivity contribution is 5.30. The summed E-state index contributed by atoms with van der Waals surface area (Å²) in [7, 11) is 0. The van der Waals surface area contributed by atoms with Gasteiger partial charge in [0.05, 0.1) is 18.8 Å². The molecule has 1 saturated heterocycles. The first-order valence-corrected chi connectivity index (χ1v) is 8.23. The standard InChI is InChI=1S/C19H21F2NO3/c20-19(21)25-16-8-4-7-15(11-16)18-13-22(9-10-24-18)12-17(23)14-5-2-1-3-6-14/h1-8,11,17-19,23H,9-10,12-13H2. The fraction of sp³-hybridized carbons (Fsp3) is 0.368. The van der Waals surface area contributed by atoms with Gasteiger partial charge in [0, 0.05) is 19.6 Å². The summed E-state index contributed by atoms with van der Waals surface area (Å²) in [6.07, 6.45) is -0.814. The highest BCUT2D eigenvalue weighted by atomic mass is 19.3. The number of hydrogen-bond donors (Lipinski definition) is 1. The lowest BCUT2D eigenvalue weighted by Gasteiger charge is -2.34. The maximum atomic E-state index is 12.4. The van der Waals surface area contributed by atoms with Gasteiger partial charge in [-0.05, 0) is 23.3 Å². The second kappa shape index (κ2) is 8.38. The summed E-state index contributed by atoms with van der Waals surface area (Å²) in [6, 6.07) is 16.1. The van der Waals surface area contributed by atoms with Crippen LogP contribution >= 0.6 is 0 Å². The van der Waals surface area contributed by atoms with E-state index in [1.165, 1.54) is 6.07 Å². The lowest BCUT2D eigenvalue weighted by atomic mass is 10.1. The monoisotopic (exact) mass is 349 g/mol. The van der Waals surface area contributed by atoms with Gasteiger partial charge in [-0.1, -0.05) is 42.5 Å². The summed E-state index contributed by atoms with van der Waals surface area (Å²) in [4.78, 5) is 2.12. The third-order valence-electron chi connectivity index (χ3n) is 4.22. The van der Waals surface area contributed by atoms with Crippen LogP contribution in [0.5, 0.6) is 5.75 Å². The van der Waals surface area contributed by atoms with Gasteiger partial charge in [0.2, 0.25) is 0 Å². The number of alkyl halides is 2. The molecule has 25 heavy (non-hydrogen) atoms. The van der Waals surface area contributed by atoms with E-state index in [-0.39, 0.29) is 11.9 Å². The minimum atomic E-state index is -2.85. The van der Waals surface area contributed by atoms with Crippen LogP contribution in [0.25, 0.3) is 0 Å². The Kier molecular flexibility index (Phi) is 5.96. The topological polar surface area (TPSA) is 41.9 Å². The quantitative estimate of drug-likeness (QED) is 0.868. The van der Waals surface area contributed by atoms with Crippen LogP contribution in [-0.4, -0.2) is 42.9 Å². The largest absolute Gasteiger partial charge is 0.435 e. The van der Waals surface area contributed by atoms with E-state index in [4.69, 9.17) is 4.74 Å². The summed E-state index contributed by atoms with van der Waals surface area (Å²) in [5, 5.41) is 10.4. The molecule has 1 aliphatic rings. The number of rotatable bonds is 6. The molecule has 0 aliphatic carbocycles. The number of β-amino-alcohol motifs (C(OH)–C–C–N with tert-alkyl or cyclic N) is 1. The third-order valence-corrected chi connectivity index (χ3v) is 4.22.